The second-order valence-electron chi connectivity index (χ2n) is 19.4. The van der Waals surface area contributed by atoms with Crippen molar-refractivity contribution in [3.05, 3.63) is 151 Å². The fraction of sp³-hybridized carbons (Fsp3) is 0.143. The van der Waals surface area contributed by atoms with Crippen LogP contribution in [-0.2, 0) is 10.8 Å². The highest BCUT2D eigenvalue weighted by molar-refractivity contribution is 6.73. The van der Waals surface area contributed by atoms with Crippen LogP contribution in [0.2, 0.25) is 0 Å². The number of fused-ring (bicyclic) bond motifs is 14. The molecule has 298 valence electrons. The summed E-state index contributed by atoms with van der Waals surface area (Å²) in [5.41, 5.74) is 18.3. The Hall–Kier alpha value is -7.18. The lowest BCUT2D eigenvalue weighted by Crippen LogP contribution is -2.37. The summed E-state index contributed by atoms with van der Waals surface area (Å²) >= 11 is 0. The molecule has 0 amide bonds. The van der Waals surface area contributed by atoms with Crippen LogP contribution >= 0.6 is 0 Å². The molecular weight excluding hydrogens is 759 g/mol. The number of para-hydroxylation sites is 2. The lowest BCUT2D eigenvalue weighted by Gasteiger charge is -2.24. The van der Waals surface area contributed by atoms with E-state index in [2.05, 4.69) is 179 Å². The number of hydrogen-bond donors (Lipinski definition) is 1. The van der Waals surface area contributed by atoms with Crippen molar-refractivity contribution in [2.75, 3.05) is 5.32 Å². The molecule has 0 saturated heterocycles. The van der Waals surface area contributed by atoms with Gasteiger partial charge in [-0.3, -0.25) is 0 Å². The number of aromatic nitrogens is 1. The van der Waals surface area contributed by atoms with Crippen LogP contribution in [0.15, 0.2) is 153 Å². The molecule has 13 rings (SSSR count). The number of rotatable bonds is 3. The van der Waals surface area contributed by atoms with Crippen LogP contribution in [0.25, 0.3) is 104 Å². The van der Waals surface area contributed by atoms with Crippen molar-refractivity contribution < 1.29 is 13.3 Å². The summed E-state index contributed by atoms with van der Waals surface area (Å²) in [5, 5.41) is 13.1. The van der Waals surface area contributed by atoms with Gasteiger partial charge in [0.1, 0.15) is 33.5 Å². The second kappa shape index (κ2) is 12.2. The molecule has 5 heterocycles. The van der Waals surface area contributed by atoms with Gasteiger partial charge in [-0.2, -0.15) is 0 Å². The molecule has 0 spiro atoms. The molecule has 0 aliphatic carbocycles. The molecule has 0 unspecified atom stereocenters. The summed E-state index contributed by atoms with van der Waals surface area (Å²) in [5.74, 6) is 0. The first-order chi connectivity index (χ1) is 29.9. The lowest BCUT2D eigenvalue weighted by atomic mass is 9.59. The molecular formula is C56H43BN2O3. The van der Waals surface area contributed by atoms with Crippen LogP contribution < -0.4 is 16.2 Å². The zero-order chi connectivity index (χ0) is 41.8. The van der Waals surface area contributed by atoms with Gasteiger partial charge in [-0.15, -0.1) is 0 Å². The van der Waals surface area contributed by atoms with Crippen molar-refractivity contribution in [1.29, 1.82) is 0 Å². The zero-order valence-electron chi connectivity index (χ0n) is 35.7. The van der Waals surface area contributed by atoms with Crippen molar-refractivity contribution in [2.24, 2.45) is 0 Å². The van der Waals surface area contributed by atoms with Crippen molar-refractivity contribution in [3.63, 3.8) is 0 Å². The number of nitrogens with zero attached hydrogens (tertiary/aromatic N) is 1. The van der Waals surface area contributed by atoms with Crippen molar-refractivity contribution >= 4 is 117 Å². The number of hydrogen-bond acceptors (Lipinski definition) is 4. The van der Waals surface area contributed by atoms with Crippen molar-refractivity contribution in [2.45, 2.75) is 52.4 Å². The van der Waals surface area contributed by atoms with Gasteiger partial charge in [-0.05, 0) is 87.6 Å². The molecule has 0 atom stereocenters. The Morgan fingerprint density at radius 3 is 1.76 bits per heavy atom. The Bertz CT molecular complexity index is 3880. The number of anilines is 2. The topological polar surface area (TPSA) is 56.4 Å². The van der Waals surface area contributed by atoms with Gasteiger partial charge in [-0.25, -0.2) is 0 Å². The summed E-state index contributed by atoms with van der Waals surface area (Å²) in [6.45, 7) is 13.6. The lowest BCUT2D eigenvalue weighted by molar-refractivity contribution is 0.590. The van der Waals surface area contributed by atoms with Gasteiger partial charge in [0, 0.05) is 83.4 Å². The minimum absolute atomic E-state index is 0.00437. The van der Waals surface area contributed by atoms with E-state index in [1.165, 1.54) is 43.9 Å². The summed E-state index contributed by atoms with van der Waals surface area (Å²) in [7, 11) is 0.750. The highest BCUT2D eigenvalue weighted by Gasteiger charge is 2.29. The van der Waals surface area contributed by atoms with E-state index >= 15 is 0 Å². The minimum atomic E-state index is 0.00437. The molecule has 0 radical (unpaired) electrons. The van der Waals surface area contributed by atoms with E-state index in [1.807, 2.05) is 12.1 Å². The third-order valence-electron chi connectivity index (χ3n) is 13.5. The Morgan fingerprint density at radius 2 is 1.05 bits per heavy atom. The average Bonchev–Trinajstić information content (AvgIpc) is 4.00. The highest BCUT2D eigenvalue weighted by Crippen LogP contribution is 2.44. The molecule has 1 aliphatic heterocycles. The average molecular weight is 803 g/mol. The van der Waals surface area contributed by atoms with Gasteiger partial charge >= 0.3 is 0 Å². The van der Waals surface area contributed by atoms with Gasteiger partial charge in [-0.1, -0.05) is 120 Å². The van der Waals surface area contributed by atoms with Crippen LogP contribution in [0.3, 0.4) is 0 Å². The zero-order valence-corrected chi connectivity index (χ0v) is 35.7. The molecule has 0 saturated carbocycles. The van der Waals surface area contributed by atoms with Gasteiger partial charge in [0.05, 0.1) is 5.52 Å². The monoisotopic (exact) mass is 802 g/mol. The van der Waals surface area contributed by atoms with E-state index in [0.29, 0.717) is 0 Å². The summed E-state index contributed by atoms with van der Waals surface area (Å²) in [6.07, 6.45) is 0. The first-order valence-electron chi connectivity index (χ1n) is 21.7. The van der Waals surface area contributed by atoms with Crippen LogP contribution in [0.5, 0.6) is 0 Å². The third kappa shape index (κ3) is 5.10. The van der Waals surface area contributed by atoms with Crippen LogP contribution in [0.1, 0.15) is 52.7 Å². The normalized spacial score (nSPS) is 13.1. The fourth-order valence-electron chi connectivity index (χ4n) is 10.2. The predicted octanol–water partition coefficient (Wildman–Crippen LogP) is 14.2. The fourth-order valence-corrected chi connectivity index (χ4v) is 10.2. The molecule has 1 N–H and O–H groups in total. The van der Waals surface area contributed by atoms with E-state index in [9.17, 15) is 0 Å². The third-order valence-corrected chi connectivity index (χ3v) is 13.5. The van der Waals surface area contributed by atoms with E-state index in [1.54, 1.807) is 0 Å². The van der Waals surface area contributed by atoms with Gasteiger partial charge < -0.3 is 23.1 Å². The maximum atomic E-state index is 6.74. The quantitative estimate of drug-likeness (QED) is 0.181. The van der Waals surface area contributed by atoms with Crippen molar-refractivity contribution in [3.8, 4) is 16.8 Å². The first-order valence-corrected chi connectivity index (χ1v) is 21.7. The number of benzene rings is 8. The Balaban J connectivity index is 1.10. The van der Waals surface area contributed by atoms with Crippen LogP contribution in [-0.4, -0.2) is 11.8 Å². The highest BCUT2D eigenvalue weighted by atomic mass is 16.3. The molecule has 1 aliphatic rings. The van der Waals surface area contributed by atoms with E-state index < -0.39 is 0 Å². The molecule has 12 aromatic rings. The Morgan fingerprint density at radius 1 is 0.452 bits per heavy atom. The summed E-state index contributed by atoms with van der Waals surface area (Å²) < 4.78 is 22.3. The first kappa shape index (κ1) is 35.6. The molecule has 0 fully saturated rings. The minimum Gasteiger partial charge on any atom is -0.456 e. The molecule has 0 bridgehead atoms. The SMILES string of the molecule is CC(C)(C)c1ccc(Nc2cc3c(cc2-c2ccc4c5cc6c(cc5n5c4c2Bc2cc4c(cc2-5)oc2ccccc24)oc2ccccc26)oc2ccc(C(C)(C)C)cc23)cc1. The van der Waals surface area contributed by atoms with Crippen LogP contribution in [0, 0.1) is 0 Å². The van der Waals surface area contributed by atoms with Gasteiger partial charge in [0.25, 0.3) is 0 Å². The molecule has 62 heavy (non-hydrogen) atoms. The van der Waals surface area contributed by atoms with Crippen molar-refractivity contribution in [1.82, 2.24) is 4.57 Å². The second-order valence-corrected chi connectivity index (χ2v) is 19.4. The van der Waals surface area contributed by atoms with Gasteiger partial charge in [0.2, 0.25) is 0 Å². The standard InChI is InChI=1S/C56H43BN2O3/c1-55(2,3)30-15-18-32(19-16-30)58-44-26-42-39-23-31(56(4,5)6)17-22-49(39)62-50(42)27-37(44)35-20-21-36-38-24-40-33-11-7-9-13-47(33)60-51(40)28-45(38)59-46-29-52-41(25-43(46)57-53(35)54(36)59)34-12-8-10-14-48(34)61-52/h7-29,57-58H,1-6H3. The molecule has 4 aromatic heterocycles. The van der Waals surface area contributed by atoms with Crippen LogP contribution in [0.4, 0.5) is 11.4 Å². The Kier molecular flexibility index (Phi) is 7.02. The molecule has 6 heteroatoms. The summed E-state index contributed by atoms with van der Waals surface area (Å²) in [4.78, 5) is 0. The number of nitrogens with one attached hydrogen (secondary N) is 1. The van der Waals surface area contributed by atoms with E-state index in [4.69, 9.17) is 13.3 Å². The maximum Gasteiger partial charge on any atom is 0.198 e. The largest absolute Gasteiger partial charge is 0.456 e. The van der Waals surface area contributed by atoms with E-state index in [0.717, 1.165) is 101 Å². The predicted molar refractivity (Wildman–Crippen MR) is 262 cm³/mol. The smallest absolute Gasteiger partial charge is 0.198 e. The van der Waals surface area contributed by atoms with Gasteiger partial charge in [0.15, 0.2) is 7.28 Å². The van der Waals surface area contributed by atoms with E-state index in [-0.39, 0.29) is 10.8 Å². The Labute approximate surface area is 358 Å². The summed E-state index contributed by atoms with van der Waals surface area (Å²) in [6, 6.07) is 50.7. The maximum absolute atomic E-state index is 6.74. The number of furan rings is 3. The molecule has 5 nitrogen and oxygen atoms in total. The molecule has 8 aromatic carbocycles.